The van der Waals surface area contributed by atoms with Crippen LogP contribution in [0, 0.1) is 0 Å². The Morgan fingerprint density at radius 1 is 1.16 bits per heavy atom. The molecule has 25 heavy (non-hydrogen) atoms. The molecule has 1 aromatic heterocycles. The molecule has 0 fully saturated rings. The Kier molecular flexibility index (Phi) is 7.18. The lowest BCUT2D eigenvalue weighted by atomic mass is 10.2. The molecule has 0 aliphatic heterocycles. The van der Waals surface area contributed by atoms with E-state index in [1.807, 2.05) is 17.5 Å². The van der Waals surface area contributed by atoms with Gasteiger partial charge in [-0.3, -0.25) is 9.59 Å². The van der Waals surface area contributed by atoms with Gasteiger partial charge in [0, 0.05) is 24.1 Å². The highest BCUT2D eigenvalue weighted by atomic mass is 32.1. The molecule has 0 unspecified atom stereocenters. The number of rotatable bonds is 8. The smallest absolute Gasteiger partial charge is 0.267 e. The molecule has 2 amide bonds. The number of amides is 2. The molecule has 1 heterocycles. The van der Waals surface area contributed by atoms with Gasteiger partial charge in [0.2, 0.25) is 0 Å². The second-order valence-corrected chi connectivity index (χ2v) is 5.98. The van der Waals surface area contributed by atoms with Crippen LogP contribution in [0.15, 0.2) is 47.5 Å². The molecular weight excluding hydrogens is 340 g/mol. The maximum atomic E-state index is 12.4. The fourth-order valence-electron chi connectivity index (χ4n) is 1.97. The van der Waals surface area contributed by atoms with Gasteiger partial charge in [-0.05, 0) is 41.8 Å². The predicted molar refractivity (Wildman–Crippen MR) is 97.6 cm³/mol. The van der Waals surface area contributed by atoms with Crippen LogP contribution < -0.4 is 15.4 Å². The van der Waals surface area contributed by atoms with E-state index in [1.54, 1.807) is 44.6 Å². The second kappa shape index (κ2) is 9.61. The SMILES string of the molecule is COCCNC(=O)/C(=C/c1cccs1)NC(=O)c1ccc(OC)cc1. The first-order valence-corrected chi connectivity index (χ1v) is 8.49. The Morgan fingerprint density at radius 2 is 1.92 bits per heavy atom. The number of ether oxygens (including phenoxy) is 2. The molecule has 0 bridgehead atoms. The summed E-state index contributed by atoms with van der Waals surface area (Å²) in [5.74, 6) is -0.0807. The number of nitrogens with one attached hydrogen (secondary N) is 2. The van der Waals surface area contributed by atoms with Crippen LogP contribution in [0.25, 0.3) is 6.08 Å². The maximum absolute atomic E-state index is 12.4. The third-order valence-corrected chi connectivity index (χ3v) is 4.09. The van der Waals surface area contributed by atoms with E-state index in [-0.39, 0.29) is 17.5 Å². The monoisotopic (exact) mass is 360 g/mol. The number of hydrogen-bond donors (Lipinski definition) is 2. The van der Waals surface area contributed by atoms with E-state index >= 15 is 0 Å². The molecule has 1 aromatic carbocycles. The first-order chi connectivity index (χ1) is 12.1. The summed E-state index contributed by atoms with van der Waals surface area (Å²) in [7, 11) is 3.11. The third-order valence-electron chi connectivity index (χ3n) is 3.27. The van der Waals surface area contributed by atoms with E-state index < -0.39 is 0 Å². The highest BCUT2D eigenvalue weighted by Gasteiger charge is 2.14. The van der Waals surface area contributed by atoms with E-state index in [0.29, 0.717) is 24.5 Å². The minimum atomic E-state index is -0.368. The van der Waals surface area contributed by atoms with Gasteiger partial charge in [-0.2, -0.15) is 0 Å². The molecule has 0 saturated heterocycles. The van der Waals surface area contributed by atoms with Crippen molar-refractivity contribution in [2.75, 3.05) is 27.4 Å². The first kappa shape index (κ1) is 18.7. The average molecular weight is 360 g/mol. The number of benzene rings is 1. The Balaban J connectivity index is 2.14. The van der Waals surface area contributed by atoms with Gasteiger partial charge in [0.05, 0.1) is 13.7 Å². The van der Waals surface area contributed by atoms with Gasteiger partial charge >= 0.3 is 0 Å². The fourth-order valence-corrected chi connectivity index (χ4v) is 2.63. The lowest BCUT2D eigenvalue weighted by Gasteiger charge is -2.11. The fraction of sp³-hybridized carbons (Fsp3) is 0.222. The Bertz CT molecular complexity index is 724. The summed E-state index contributed by atoms with van der Waals surface area (Å²) in [6.45, 7) is 0.750. The number of thiophene rings is 1. The lowest BCUT2D eigenvalue weighted by molar-refractivity contribution is -0.117. The van der Waals surface area contributed by atoms with Crippen molar-refractivity contribution in [1.82, 2.24) is 10.6 Å². The molecule has 2 rings (SSSR count). The largest absolute Gasteiger partial charge is 0.497 e. The van der Waals surface area contributed by atoms with Gasteiger partial charge in [0.1, 0.15) is 11.4 Å². The van der Waals surface area contributed by atoms with Crippen molar-refractivity contribution < 1.29 is 19.1 Å². The van der Waals surface area contributed by atoms with E-state index in [2.05, 4.69) is 10.6 Å². The van der Waals surface area contributed by atoms with E-state index in [1.165, 1.54) is 11.3 Å². The summed E-state index contributed by atoms with van der Waals surface area (Å²) in [6, 6.07) is 10.4. The Labute approximate surface area is 150 Å². The van der Waals surface area contributed by atoms with Crippen LogP contribution >= 0.6 is 11.3 Å². The normalized spacial score (nSPS) is 11.0. The van der Waals surface area contributed by atoms with Crippen LogP contribution in [0.5, 0.6) is 5.75 Å². The van der Waals surface area contributed by atoms with Crippen LogP contribution in [-0.2, 0) is 9.53 Å². The summed E-state index contributed by atoms with van der Waals surface area (Å²) < 4.78 is 9.99. The predicted octanol–water partition coefficient (Wildman–Crippen LogP) is 2.29. The van der Waals surface area contributed by atoms with Gasteiger partial charge in [0.15, 0.2) is 0 Å². The summed E-state index contributed by atoms with van der Waals surface area (Å²) in [4.78, 5) is 25.6. The van der Waals surface area contributed by atoms with Crippen LogP contribution in [0.2, 0.25) is 0 Å². The van der Waals surface area contributed by atoms with E-state index in [9.17, 15) is 9.59 Å². The Hall–Kier alpha value is -2.64. The molecular formula is C18H20N2O4S. The molecule has 0 spiro atoms. The van der Waals surface area contributed by atoms with Crippen molar-refractivity contribution in [2.24, 2.45) is 0 Å². The van der Waals surface area contributed by atoms with E-state index in [0.717, 1.165) is 4.88 Å². The van der Waals surface area contributed by atoms with Crippen LogP contribution in [0.1, 0.15) is 15.2 Å². The van der Waals surface area contributed by atoms with Crippen molar-refractivity contribution in [3.63, 3.8) is 0 Å². The number of carbonyl (C=O) groups excluding carboxylic acids is 2. The van der Waals surface area contributed by atoms with Crippen LogP contribution in [-0.4, -0.2) is 39.2 Å². The number of hydrogen-bond acceptors (Lipinski definition) is 5. The zero-order valence-corrected chi connectivity index (χ0v) is 14.9. The van der Waals surface area contributed by atoms with Crippen molar-refractivity contribution in [2.45, 2.75) is 0 Å². The van der Waals surface area contributed by atoms with Gasteiger partial charge in [-0.1, -0.05) is 6.07 Å². The zero-order chi connectivity index (χ0) is 18.1. The average Bonchev–Trinajstić information content (AvgIpc) is 3.14. The highest BCUT2D eigenvalue weighted by Crippen LogP contribution is 2.14. The zero-order valence-electron chi connectivity index (χ0n) is 14.1. The summed E-state index contributed by atoms with van der Waals surface area (Å²) >= 11 is 1.48. The summed E-state index contributed by atoms with van der Waals surface area (Å²) in [6.07, 6.45) is 1.65. The van der Waals surface area contributed by atoms with Crippen molar-refractivity contribution in [3.8, 4) is 5.75 Å². The second-order valence-electron chi connectivity index (χ2n) is 5.00. The Morgan fingerprint density at radius 3 is 2.52 bits per heavy atom. The van der Waals surface area contributed by atoms with Gasteiger partial charge in [-0.15, -0.1) is 11.3 Å². The minimum Gasteiger partial charge on any atom is -0.497 e. The van der Waals surface area contributed by atoms with Crippen LogP contribution in [0.4, 0.5) is 0 Å². The molecule has 2 aromatic rings. The molecule has 132 valence electrons. The molecule has 0 radical (unpaired) electrons. The molecule has 6 nitrogen and oxygen atoms in total. The van der Waals surface area contributed by atoms with Crippen LogP contribution in [0.3, 0.4) is 0 Å². The molecule has 2 N–H and O–H groups in total. The number of methoxy groups -OCH3 is 2. The van der Waals surface area contributed by atoms with E-state index in [4.69, 9.17) is 9.47 Å². The first-order valence-electron chi connectivity index (χ1n) is 7.61. The standard InChI is InChI=1S/C18H20N2O4S/c1-23-10-9-19-18(22)16(12-15-4-3-11-25-15)20-17(21)13-5-7-14(24-2)8-6-13/h3-8,11-12H,9-10H2,1-2H3,(H,19,22)(H,20,21)/b16-12-. The quantitative estimate of drug-likeness (QED) is 0.559. The minimum absolute atomic E-state index is 0.180. The summed E-state index contributed by atoms with van der Waals surface area (Å²) in [5.41, 5.74) is 0.613. The van der Waals surface area contributed by atoms with Crippen molar-refractivity contribution in [1.29, 1.82) is 0 Å². The van der Waals surface area contributed by atoms with Gasteiger partial charge in [0.25, 0.3) is 11.8 Å². The molecule has 0 saturated carbocycles. The van der Waals surface area contributed by atoms with Gasteiger partial charge < -0.3 is 20.1 Å². The third kappa shape index (κ3) is 5.74. The maximum Gasteiger partial charge on any atom is 0.267 e. The molecule has 7 heteroatoms. The molecule has 0 atom stereocenters. The lowest BCUT2D eigenvalue weighted by Crippen LogP contribution is -2.36. The molecule has 0 aliphatic rings. The number of carbonyl (C=O) groups is 2. The topological polar surface area (TPSA) is 76.7 Å². The van der Waals surface area contributed by atoms with Crippen molar-refractivity contribution >= 4 is 29.2 Å². The van der Waals surface area contributed by atoms with Gasteiger partial charge in [-0.25, -0.2) is 0 Å². The van der Waals surface area contributed by atoms with Crippen molar-refractivity contribution in [3.05, 3.63) is 57.9 Å². The molecule has 0 aliphatic carbocycles. The summed E-state index contributed by atoms with van der Waals surface area (Å²) in [5, 5.41) is 7.28. The highest BCUT2D eigenvalue weighted by molar-refractivity contribution is 7.10.